The third-order valence-corrected chi connectivity index (χ3v) is 1.67. The van der Waals surface area contributed by atoms with Gasteiger partial charge in [0.25, 0.3) is 0 Å². The van der Waals surface area contributed by atoms with Gasteiger partial charge in [0.1, 0.15) is 12.7 Å². The summed E-state index contributed by atoms with van der Waals surface area (Å²) in [6, 6.07) is -0.343. The number of aliphatic hydroxyl groups is 1. The molecule has 0 aromatic heterocycles. The highest BCUT2D eigenvalue weighted by Gasteiger charge is 2.18. The smallest absolute Gasteiger partial charge is 0.302 e. The molecule has 0 spiro atoms. The zero-order valence-electron chi connectivity index (χ0n) is 7.78. The van der Waals surface area contributed by atoms with Crippen LogP contribution in [0.25, 0.3) is 0 Å². The lowest BCUT2D eigenvalue weighted by Gasteiger charge is -2.21. The topological polar surface area (TPSA) is 72.5 Å². The van der Waals surface area contributed by atoms with Crippen molar-refractivity contribution in [3.8, 4) is 0 Å². The van der Waals surface area contributed by atoms with Gasteiger partial charge in [0.05, 0.1) is 0 Å². The van der Waals surface area contributed by atoms with E-state index < -0.39 is 12.1 Å². The number of hydrogen-bond donors (Lipinski definition) is 2. The molecule has 0 fully saturated rings. The van der Waals surface area contributed by atoms with Crippen molar-refractivity contribution < 1.29 is 14.6 Å². The lowest BCUT2D eigenvalue weighted by molar-refractivity contribution is -0.144. The Morgan fingerprint density at radius 1 is 1.58 bits per heavy atom. The van der Waals surface area contributed by atoms with Crippen molar-refractivity contribution in [2.75, 3.05) is 6.61 Å². The van der Waals surface area contributed by atoms with Crippen molar-refractivity contribution in [3.63, 3.8) is 0 Å². The molecular weight excluding hydrogens is 158 g/mol. The predicted octanol–water partition coefficient (Wildman–Crippen LogP) is -0.106. The van der Waals surface area contributed by atoms with E-state index in [1.165, 1.54) is 6.92 Å². The summed E-state index contributed by atoms with van der Waals surface area (Å²) in [6.07, 6.45) is -0.770. The average molecular weight is 175 g/mol. The highest BCUT2D eigenvalue weighted by molar-refractivity contribution is 5.65. The zero-order chi connectivity index (χ0) is 9.72. The van der Waals surface area contributed by atoms with Gasteiger partial charge in [-0.1, -0.05) is 13.8 Å². The van der Waals surface area contributed by atoms with Crippen molar-refractivity contribution >= 4 is 5.97 Å². The maximum absolute atomic E-state index is 10.4. The van der Waals surface area contributed by atoms with Gasteiger partial charge in [0, 0.05) is 13.0 Å². The summed E-state index contributed by atoms with van der Waals surface area (Å²) in [6.45, 7) is 5.09. The van der Waals surface area contributed by atoms with Gasteiger partial charge >= 0.3 is 5.97 Å². The minimum atomic E-state index is -0.770. The van der Waals surface area contributed by atoms with Crippen LogP contribution in [-0.2, 0) is 9.53 Å². The lowest BCUT2D eigenvalue weighted by Crippen LogP contribution is -2.42. The number of nitrogens with two attached hydrogens (primary N) is 1. The van der Waals surface area contributed by atoms with E-state index in [1.807, 2.05) is 13.8 Å². The number of aliphatic hydroxyl groups excluding tert-OH is 1. The molecule has 0 aliphatic carbocycles. The van der Waals surface area contributed by atoms with Gasteiger partial charge in [-0.15, -0.1) is 0 Å². The average Bonchev–Trinajstić information content (AvgIpc) is 1.98. The van der Waals surface area contributed by atoms with E-state index in [-0.39, 0.29) is 18.6 Å². The summed E-state index contributed by atoms with van der Waals surface area (Å²) in [4.78, 5) is 10.4. The number of esters is 1. The summed E-state index contributed by atoms with van der Waals surface area (Å²) in [7, 11) is 0. The molecule has 0 aromatic carbocycles. The third kappa shape index (κ3) is 4.31. The van der Waals surface area contributed by atoms with Gasteiger partial charge in [-0.25, -0.2) is 0 Å². The molecule has 0 saturated heterocycles. The summed E-state index contributed by atoms with van der Waals surface area (Å²) < 4.78 is 4.61. The number of rotatable bonds is 4. The molecule has 0 radical (unpaired) electrons. The van der Waals surface area contributed by atoms with E-state index in [0.717, 1.165) is 0 Å². The molecule has 4 nitrogen and oxygen atoms in total. The van der Waals surface area contributed by atoms with Gasteiger partial charge < -0.3 is 15.6 Å². The second kappa shape index (κ2) is 5.11. The maximum Gasteiger partial charge on any atom is 0.302 e. The lowest BCUT2D eigenvalue weighted by atomic mass is 10.0. The molecule has 0 rings (SSSR count). The summed E-state index contributed by atoms with van der Waals surface area (Å²) >= 11 is 0. The van der Waals surface area contributed by atoms with Crippen molar-refractivity contribution in [2.24, 2.45) is 11.7 Å². The Hall–Kier alpha value is -0.610. The Balaban J connectivity index is 3.71. The number of hydrogen-bond acceptors (Lipinski definition) is 4. The minimum absolute atomic E-state index is 0.0192. The van der Waals surface area contributed by atoms with Crippen LogP contribution in [0.3, 0.4) is 0 Å². The second-order valence-corrected chi connectivity index (χ2v) is 3.19. The van der Waals surface area contributed by atoms with Crippen LogP contribution in [0.15, 0.2) is 0 Å². The van der Waals surface area contributed by atoms with Crippen molar-refractivity contribution in [2.45, 2.75) is 32.9 Å². The fourth-order valence-electron chi connectivity index (χ4n) is 0.758. The van der Waals surface area contributed by atoms with Crippen LogP contribution in [0.5, 0.6) is 0 Å². The third-order valence-electron chi connectivity index (χ3n) is 1.67. The number of carbonyl (C=O) groups excluding carboxylic acids is 1. The Bertz CT molecular complexity index is 147. The first-order chi connectivity index (χ1) is 5.45. The van der Waals surface area contributed by atoms with Crippen molar-refractivity contribution in [1.29, 1.82) is 0 Å². The van der Waals surface area contributed by atoms with Crippen LogP contribution in [0.2, 0.25) is 0 Å². The molecule has 0 aliphatic heterocycles. The van der Waals surface area contributed by atoms with E-state index in [4.69, 9.17) is 5.73 Å². The zero-order valence-corrected chi connectivity index (χ0v) is 7.78. The largest absolute Gasteiger partial charge is 0.463 e. The Morgan fingerprint density at radius 3 is 2.42 bits per heavy atom. The first-order valence-corrected chi connectivity index (χ1v) is 4.02. The maximum atomic E-state index is 10.4. The standard InChI is InChI=1S/C8H17NO3/c1-5(2)8(9)7(11)4-12-6(3)10/h5,7-8,11H,4,9H2,1-3H3/t7?,8-/m0/s1. The molecule has 0 bridgehead atoms. The molecule has 0 heterocycles. The normalized spacial score (nSPS) is 15.8. The van der Waals surface area contributed by atoms with Crippen molar-refractivity contribution in [3.05, 3.63) is 0 Å². The molecule has 3 N–H and O–H groups in total. The van der Waals surface area contributed by atoms with Crippen LogP contribution in [0.4, 0.5) is 0 Å². The Morgan fingerprint density at radius 2 is 2.08 bits per heavy atom. The molecule has 12 heavy (non-hydrogen) atoms. The summed E-state index contributed by atoms with van der Waals surface area (Å²) in [5, 5.41) is 9.33. The van der Waals surface area contributed by atoms with Gasteiger partial charge in [-0.2, -0.15) is 0 Å². The molecule has 0 aliphatic rings. The Labute approximate surface area is 72.7 Å². The Kier molecular flexibility index (Phi) is 4.85. The van der Waals surface area contributed by atoms with Crippen LogP contribution >= 0.6 is 0 Å². The minimum Gasteiger partial charge on any atom is -0.463 e. The SMILES string of the molecule is CC(=O)OCC(O)[C@@H](N)C(C)C. The highest BCUT2D eigenvalue weighted by atomic mass is 16.5. The van der Waals surface area contributed by atoms with E-state index in [2.05, 4.69) is 4.74 Å². The van der Waals surface area contributed by atoms with E-state index in [9.17, 15) is 9.90 Å². The predicted molar refractivity (Wildman–Crippen MR) is 45.5 cm³/mol. The monoisotopic (exact) mass is 175 g/mol. The van der Waals surface area contributed by atoms with E-state index in [0.29, 0.717) is 0 Å². The van der Waals surface area contributed by atoms with Gasteiger partial charge in [0.2, 0.25) is 0 Å². The van der Waals surface area contributed by atoms with Crippen LogP contribution in [0, 0.1) is 5.92 Å². The van der Waals surface area contributed by atoms with E-state index >= 15 is 0 Å². The highest BCUT2D eigenvalue weighted by Crippen LogP contribution is 2.03. The van der Waals surface area contributed by atoms with Crippen LogP contribution in [0.1, 0.15) is 20.8 Å². The molecule has 72 valence electrons. The first-order valence-electron chi connectivity index (χ1n) is 4.02. The molecule has 2 atom stereocenters. The fraction of sp³-hybridized carbons (Fsp3) is 0.875. The molecule has 0 amide bonds. The van der Waals surface area contributed by atoms with Crippen LogP contribution < -0.4 is 5.73 Å². The van der Waals surface area contributed by atoms with E-state index in [1.54, 1.807) is 0 Å². The molecular formula is C8H17NO3. The van der Waals surface area contributed by atoms with Gasteiger partial charge in [-0.05, 0) is 5.92 Å². The number of carbonyl (C=O) groups is 1. The summed E-state index contributed by atoms with van der Waals surface area (Å²) in [5.41, 5.74) is 5.60. The molecule has 1 unspecified atom stereocenters. The summed E-state index contributed by atoms with van der Waals surface area (Å²) in [5.74, 6) is -0.222. The number of ether oxygens (including phenoxy) is 1. The fourth-order valence-corrected chi connectivity index (χ4v) is 0.758. The first kappa shape index (κ1) is 11.4. The second-order valence-electron chi connectivity index (χ2n) is 3.19. The van der Waals surface area contributed by atoms with Gasteiger partial charge in [0.15, 0.2) is 0 Å². The van der Waals surface area contributed by atoms with Crippen molar-refractivity contribution in [1.82, 2.24) is 0 Å². The van der Waals surface area contributed by atoms with Gasteiger partial charge in [-0.3, -0.25) is 4.79 Å². The quantitative estimate of drug-likeness (QED) is 0.585. The van der Waals surface area contributed by atoms with Crippen LogP contribution in [-0.4, -0.2) is 29.8 Å². The molecule has 0 saturated carbocycles. The molecule has 4 heteroatoms. The molecule has 0 aromatic rings.